The molecular formula is C21H22N2O2. The number of rotatable bonds is 5. The number of aryl methyl sites for hydroxylation is 1. The number of carbonyl (C=O) groups is 1. The number of nitrogens with one attached hydrogen (secondary N) is 1. The molecule has 2 aromatic carbocycles. The molecule has 0 aliphatic rings. The van der Waals surface area contributed by atoms with Gasteiger partial charge in [-0.05, 0) is 49.2 Å². The summed E-state index contributed by atoms with van der Waals surface area (Å²) in [4.78, 5) is 16.4. The molecule has 25 heavy (non-hydrogen) atoms. The molecule has 0 aliphatic heterocycles. The van der Waals surface area contributed by atoms with Crippen LogP contribution in [0.4, 0.5) is 0 Å². The van der Waals surface area contributed by atoms with Crippen LogP contribution in [0.1, 0.15) is 18.1 Å². The summed E-state index contributed by atoms with van der Waals surface area (Å²) in [5, 5.41) is 3.76. The Kier molecular flexibility index (Phi) is 4.98. The van der Waals surface area contributed by atoms with Crippen LogP contribution in [-0.2, 0) is 11.2 Å². The molecule has 1 amide bonds. The lowest BCUT2D eigenvalue weighted by Gasteiger charge is -2.10. The largest absolute Gasteiger partial charge is 0.494 e. The third-order valence-electron chi connectivity index (χ3n) is 4.17. The van der Waals surface area contributed by atoms with Crippen molar-refractivity contribution in [2.45, 2.75) is 20.3 Å². The van der Waals surface area contributed by atoms with E-state index in [2.05, 4.69) is 18.3 Å². The fraction of sp³-hybridized carbons (Fsp3) is 0.238. The van der Waals surface area contributed by atoms with Gasteiger partial charge in [0.1, 0.15) is 5.75 Å². The normalized spacial score (nSPS) is 10.7. The van der Waals surface area contributed by atoms with Crippen molar-refractivity contribution in [3.63, 3.8) is 0 Å². The van der Waals surface area contributed by atoms with Crippen LogP contribution in [0.15, 0.2) is 48.5 Å². The first kappa shape index (κ1) is 17.0. The molecule has 0 fully saturated rings. The Morgan fingerprint density at radius 2 is 2.00 bits per heavy atom. The van der Waals surface area contributed by atoms with Crippen molar-refractivity contribution in [1.29, 1.82) is 0 Å². The molecule has 0 atom stereocenters. The van der Waals surface area contributed by atoms with E-state index in [1.165, 1.54) is 0 Å². The van der Waals surface area contributed by atoms with Gasteiger partial charge in [-0.15, -0.1) is 0 Å². The second kappa shape index (κ2) is 7.34. The van der Waals surface area contributed by atoms with Crippen LogP contribution in [0.25, 0.3) is 22.2 Å². The number of fused-ring (bicyclic) bond motifs is 1. The summed E-state index contributed by atoms with van der Waals surface area (Å²) in [6, 6.07) is 16.1. The minimum Gasteiger partial charge on any atom is -0.494 e. The van der Waals surface area contributed by atoms with Crippen molar-refractivity contribution < 1.29 is 9.53 Å². The highest BCUT2D eigenvalue weighted by Crippen LogP contribution is 2.27. The molecule has 1 heterocycles. The molecule has 0 bridgehead atoms. The summed E-state index contributed by atoms with van der Waals surface area (Å²) in [7, 11) is 1.65. The van der Waals surface area contributed by atoms with Crippen LogP contribution in [-0.4, -0.2) is 24.5 Å². The highest BCUT2D eigenvalue weighted by atomic mass is 16.5. The Morgan fingerprint density at radius 1 is 1.16 bits per heavy atom. The number of nitrogens with zero attached hydrogens (tertiary/aromatic N) is 1. The van der Waals surface area contributed by atoms with E-state index in [1.54, 1.807) is 7.05 Å². The number of aromatic nitrogens is 1. The van der Waals surface area contributed by atoms with Crippen molar-refractivity contribution in [3.05, 3.63) is 59.7 Å². The molecule has 0 radical (unpaired) electrons. The fourth-order valence-electron chi connectivity index (χ4n) is 2.89. The summed E-state index contributed by atoms with van der Waals surface area (Å²) < 4.78 is 5.59. The monoisotopic (exact) mass is 334 g/mol. The Bertz CT molecular complexity index is 919. The third kappa shape index (κ3) is 3.79. The molecular weight excluding hydrogens is 312 g/mol. The fourth-order valence-corrected chi connectivity index (χ4v) is 2.89. The second-order valence-electron chi connectivity index (χ2n) is 5.99. The minimum atomic E-state index is -0.00311. The van der Waals surface area contributed by atoms with Gasteiger partial charge in [-0.25, -0.2) is 4.98 Å². The summed E-state index contributed by atoms with van der Waals surface area (Å²) in [5.74, 6) is 0.838. The Balaban J connectivity index is 2.04. The average Bonchev–Trinajstić information content (AvgIpc) is 2.62. The van der Waals surface area contributed by atoms with Gasteiger partial charge < -0.3 is 10.1 Å². The van der Waals surface area contributed by atoms with Crippen molar-refractivity contribution in [3.8, 4) is 17.0 Å². The highest BCUT2D eigenvalue weighted by molar-refractivity contribution is 5.87. The van der Waals surface area contributed by atoms with E-state index in [1.807, 2.05) is 49.4 Å². The maximum Gasteiger partial charge on any atom is 0.224 e. The van der Waals surface area contributed by atoms with E-state index < -0.39 is 0 Å². The van der Waals surface area contributed by atoms with Gasteiger partial charge in [0.25, 0.3) is 0 Å². The van der Waals surface area contributed by atoms with Crippen LogP contribution in [0.2, 0.25) is 0 Å². The maximum absolute atomic E-state index is 11.6. The smallest absolute Gasteiger partial charge is 0.224 e. The quantitative estimate of drug-likeness (QED) is 0.770. The molecule has 0 unspecified atom stereocenters. The first-order valence-corrected chi connectivity index (χ1v) is 8.45. The molecule has 4 heteroatoms. The number of likely N-dealkylation sites (N-methyl/N-ethyl adjacent to an activating group) is 1. The summed E-state index contributed by atoms with van der Waals surface area (Å²) >= 11 is 0. The van der Waals surface area contributed by atoms with Crippen molar-refractivity contribution in [2.24, 2.45) is 0 Å². The van der Waals surface area contributed by atoms with Gasteiger partial charge in [0, 0.05) is 18.0 Å². The third-order valence-corrected chi connectivity index (χ3v) is 4.17. The van der Waals surface area contributed by atoms with Gasteiger partial charge in [-0.2, -0.15) is 0 Å². The summed E-state index contributed by atoms with van der Waals surface area (Å²) in [6.07, 6.45) is 0.358. The Labute approximate surface area is 147 Å². The van der Waals surface area contributed by atoms with Gasteiger partial charge in [-0.1, -0.05) is 24.3 Å². The van der Waals surface area contributed by atoms with Crippen LogP contribution in [0, 0.1) is 6.92 Å². The van der Waals surface area contributed by atoms with Crippen LogP contribution in [0.5, 0.6) is 5.75 Å². The zero-order valence-corrected chi connectivity index (χ0v) is 14.8. The van der Waals surface area contributed by atoms with E-state index in [0.717, 1.165) is 39.0 Å². The molecule has 0 saturated heterocycles. The molecule has 4 nitrogen and oxygen atoms in total. The van der Waals surface area contributed by atoms with E-state index >= 15 is 0 Å². The topological polar surface area (TPSA) is 51.2 Å². The van der Waals surface area contributed by atoms with Gasteiger partial charge >= 0.3 is 0 Å². The number of hydrogen-bond donors (Lipinski definition) is 1. The number of benzene rings is 2. The number of amides is 1. The predicted octanol–water partition coefficient (Wildman–Crippen LogP) is 3.90. The van der Waals surface area contributed by atoms with Gasteiger partial charge in [-0.3, -0.25) is 4.79 Å². The molecule has 3 aromatic rings. The molecule has 0 saturated carbocycles. The van der Waals surface area contributed by atoms with E-state index in [0.29, 0.717) is 13.0 Å². The zero-order chi connectivity index (χ0) is 17.8. The van der Waals surface area contributed by atoms with Gasteiger partial charge in [0.2, 0.25) is 5.91 Å². The number of hydrogen-bond acceptors (Lipinski definition) is 3. The summed E-state index contributed by atoms with van der Waals surface area (Å²) in [6.45, 7) is 4.69. The van der Waals surface area contributed by atoms with Crippen LogP contribution < -0.4 is 10.1 Å². The minimum absolute atomic E-state index is 0.00311. The van der Waals surface area contributed by atoms with Gasteiger partial charge in [0.15, 0.2) is 0 Å². The lowest BCUT2D eigenvalue weighted by atomic mass is 10.0. The standard InChI is InChI=1S/C21H22N2O2/c1-4-25-17-7-5-6-16(13-17)19-10-14(2)18-9-8-15(11-20(18)23-19)12-21(24)22-3/h5-11,13H,4,12H2,1-3H3,(H,22,24). The SMILES string of the molecule is CCOc1cccc(-c2cc(C)c3ccc(CC(=O)NC)cc3n2)c1. The Morgan fingerprint density at radius 3 is 2.76 bits per heavy atom. The number of ether oxygens (including phenoxy) is 1. The van der Waals surface area contributed by atoms with Crippen molar-refractivity contribution in [2.75, 3.05) is 13.7 Å². The Hall–Kier alpha value is -2.88. The first-order valence-electron chi connectivity index (χ1n) is 8.45. The second-order valence-corrected chi connectivity index (χ2v) is 5.99. The summed E-state index contributed by atoms with van der Waals surface area (Å²) in [5.41, 5.74) is 4.95. The van der Waals surface area contributed by atoms with E-state index in [9.17, 15) is 4.79 Å². The first-order chi connectivity index (χ1) is 12.1. The van der Waals surface area contributed by atoms with Crippen molar-refractivity contribution >= 4 is 16.8 Å². The lowest BCUT2D eigenvalue weighted by molar-refractivity contribution is -0.119. The van der Waals surface area contributed by atoms with E-state index in [4.69, 9.17) is 9.72 Å². The van der Waals surface area contributed by atoms with Crippen molar-refractivity contribution in [1.82, 2.24) is 10.3 Å². The number of pyridine rings is 1. The predicted molar refractivity (Wildman–Crippen MR) is 101 cm³/mol. The molecule has 1 aromatic heterocycles. The molecule has 128 valence electrons. The lowest BCUT2D eigenvalue weighted by Crippen LogP contribution is -2.19. The van der Waals surface area contributed by atoms with Crippen LogP contribution >= 0.6 is 0 Å². The van der Waals surface area contributed by atoms with Crippen LogP contribution in [0.3, 0.4) is 0 Å². The molecule has 0 spiro atoms. The highest BCUT2D eigenvalue weighted by Gasteiger charge is 2.08. The van der Waals surface area contributed by atoms with E-state index in [-0.39, 0.29) is 5.91 Å². The molecule has 3 rings (SSSR count). The zero-order valence-electron chi connectivity index (χ0n) is 14.8. The maximum atomic E-state index is 11.6. The molecule has 0 aliphatic carbocycles. The molecule has 1 N–H and O–H groups in total. The van der Waals surface area contributed by atoms with Gasteiger partial charge in [0.05, 0.1) is 24.2 Å². The average molecular weight is 334 g/mol. The number of carbonyl (C=O) groups excluding carboxylic acids is 1.